The van der Waals surface area contributed by atoms with E-state index in [1.807, 2.05) is 0 Å². The molecule has 1 aromatic heterocycles. The molecule has 3 nitrogen and oxygen atoms in total. The van der Waals surface area contributed by atoms with Crippen LogP contribution < -0.4 is 4.74 Å². The number of halogens is 4. The van der Waals surface area contributed by atoms with Crippen molar-refractivity contribution >= 4 is 23.2 Å². The number of imidazole rings is 1. The van der Waals surface area contributed by atoms with Gasteiger partial charge in [0.2, 0.25) is 0 Å². The van der Waals surface area contributed by atoms with Gasteiger partial charge in [-0.15, -0.1) is 0 Å². The van der Waals surface area contributed by atoms with Crippen LogP contribution in [0.3, 0.4) is 0 Å². The van der Waals surface area contributed by atoms with Crippen LogP contribution in [0.15, 0.2) is 30.6 Å². The Morgan fingerprint density at radius 3 is 2.83 bits per heavy atom. The molecule has 0 bridgehead atoms. The van der Waals surface area contributed by atoms with Gasteiger partial charge < -0.3 is 4.74 Å². The molecule has 0 atom stereocenters. The van der Waals surface area contributed by atoms with Crippen molar-refractivity contribution in [2.24, 2.45) is 0 Å². The van der Waals surface area contributed by atoms with Crippen molar-refractivity contribution in [1.82, 2.24) is 9.55 Å². The zero-order valence-electron chi connectivity index (χ0n) is 8.99. The molecule has 1 heterocycles. The van der Waals surface area contributed by atoms with Crippen molar-refractivity contribution in [3.63, 3.8) is 0 Å². The molecule has 0 amide bonds. The summed E-state index contributed by atoms with van der Waals surface area (Å²) in [4.78, 5) is 3.79. The summed E-state index contributed by atoms with van der Waals surface area (Å²) in [5.74, 6) is 0.439. The van der Waals surface area contributed by atoms with Gasteiger partial charge >= 0.3 is 6.55 Å². The third-order valence-corrected chi connectivity index (χ3v) is 3.03. The number of rotatable bonds is 4. The summed E-state index contributed by atoms with van der Waals surface area (Å²) in [5.41, 5.74) is 0. The normalized spacial score (nSPS) is 10.9. The molecule has 0 aliphatic rings. The number of alkyl halides is 2. The van der Waals surface area contributed by atoms with E-state index in [-0.39, 0.29) is 17.5 Å². The molecule has 0 saturated carbocycles. The molecule has 0 spiro atoms. The minimum absolute atomic E-state index is 0.112. The standard InChI is InChI=1S/C11H8Cl2F2N2O/c12-7-2-1-3-8(10(7)13)18-6-9-16-4-5-17(9)11(14)15/h1-5,11H,6H2. The van der Waals surface area contributed by atoms with E-state index in [2.05, 4.69) is 4.98 Å². The summed E-state index contributed by atoms with van der Waals surface area (Å²) in [6.45, 7) is -2.77. The van der Waals surface area contributed by atoms with Crippen LogP contribution in [-0.2, 0) is 6.61 Å². The van der Waals surface area contributed by atoms with E-state index in [0.717, 1.165) is 4.57 Å². The fourth-order valence-electron chi connectivity index (χ4n) is 1.37. The zero-order valence-corrected chi connectivity index (χ0v) is 10.5. The zero-order chi connectivity index (χ0) is 13.1. The number of nitrogens with zero attached hydrogens (tertiary/aromatic N) is 2. The molecule has 96 valence electrons. The first-order chi connectivity index (χ1) is 8.59. The third-order valence-electron chi connectivity index (χ3n) is 2.23. The number of hydrogen-bond donors (Lipinski definition) is 0. The minimum Gasteiger partial charge on any atom is -0.484 e. The summed E-state index contributed by atoms with van der Waals surface area (Å²) in [5, 5.41) is 0.584. The molecule has 1 aromatic carbocycles. The molecule has 0 radical (unpaired) electrons. The van der Waals surface area contributed by atoms with Gasteiger partial charge in [-0.2, -0.15) is 8.78 Å². The van der Waals surface area contributed by atoms with E-state index in [4.69, 9.17) is 27.9 Å². The molecule has 2 rings (SSSR count). The molecule has 0 unspecified atom stereocenters. The summed E-state index contributed by atoms with van der Waals surface area (Å²) in [7, 11) is 0. The highest BCUT2D eigenvalue weighted by Crippen LogP contribution is 2.31. The summed E-state index contributed by atoms with van der Waals surface area (Å²) in [6.07, 6.45) is 2.47. The monoisotopic (exact) mass is 292 g/mol. The lowest BCUT2D eigenvalue weighted by atomic mass is 10.3. The molecule has 0 fully saturated rings. The quantitative estimate of drug-likeness (QED) is 0.846. The average molecular weight is 293 g/mol. The largest absolute Gasteiger partial charge is 0.484 e. The first-order valence-electron chi connectivity index (χ1n) is 4.96. The predicted octanol–water partition coefficient (Wildman–Crippen LogP) is 4.16. The SMILES string of the molecule is FC(F)n1ccnc1COc1cccc(Cl)c1Cl. The van der Waals surface area contributed by atoms with Crippen LogP contribution in [0, 0.1) is 0 Å². The van der Waals surface area contributed by atoms with E-state index in [9.17, 15) is 8.78 Å². The topological polar surface area (TPSA) is 27.1 Å². The van der Waals surface area contributed by atoms with Crippen molar-refractivity contribution in [1.29, 1.82) is 0 Å². The van der Waals surface area contributed by atoms with Gasteiger partial charge in [-0.05, 0) is 12.1 Å². The Hall–Kier alpha value is -1.33. The minimum atomic E-state index is -2.65. The smallest absolute Gasteiger partial charge is 0.320 e. The fourth-order valence-corrected chi connectivity index (χ4v) is 1.72. The van der Waals surface area contributed by atoms with Crippen LogP contribution in [0.2, 0.25) is 10.0 Å². The van der Waals surface area contributed by atoms with Crippen LogP contribution in [0.25, 0.3) is 0 Å². The maximum Gasteiger partial charge on any atom is 0.320 e. The van der Waals surface area contributed by atoms with Crippen molar-refractivity contribution in [2.45, 2.75) is 13.2 Å². The van der Waals surface area contributed by atoms with Gasteiger partial charge in [-0.3, -0.25) is 4.57 Å². The van der Waals surface area contributed by atoms with Crippen molar-refractivity contribution in [3.05, 3.63) is 46.5 Å². The van der Waals surface area contributed by atoms with Gasteiger partial charge in [0.1, 0.15) is 17.4 Å². The van der Waals surface area contributed by atoms with Crippen LogP contribution >= 0.6 is 23.2 Å². The Kier molecular flexibility index (Phi) is 4.04. The van der Waals surface area contributed by atoms with Gasteiger partial charge in [-0.25, -0.2) is 4.98 Å². The Bertz CT molecular complexity index is 546. The molecule has 0 aliphatic carbocycles. The van der Waals surface area contributed by atoms with Crippen molar-refractivity contribution in [2.75, 3.05) is 0 Å². The Morgan fingerprint density at radius 2 is 2.11 bits per heavy atom. The molecular formula is C11H8Cl2F2N2O. The highest BCUT2D eigenvalue weighted by Gasteiger charge is 2.13. The van der Waals surface area contributed by atoms with E-state index < -0.39 is 6.55 Å². The highest BCUT2D eigenvalue weighted by molar-refractivity contribution is 6.42. The first kappa shape index (κ1) is 13.1. The lowest BCUT2D eigenvalue weighted by Gasteiger charge is -2.10. The second-order valence-corrected chi connectivity index (χ2v) is 4.15. The van der Waals surface area contributed by atoms with Gasteiger partial charge in [-0.1, -0.05) is 29.3 Å². The number of aromatic nitrogens is 2. The number of hydrogen-bond acceptors (Lipinski definition) is 2. The summed E-state index contributed by atoms with van der Waals surface area (Å²) >= 11 is 11.7. The fraction of sp³-hybridized carbons (Fsp3) is 0.182. The molecule has 2 aromatic rings. The molecule has 18 heavy (non-hydrogen) atoms. The molecule has 0 N–H and O–H groups in total. The molecule has 0 saturated heterocycles. The van der Waals surface area contributed by atoms with E-state index in [1.54, 1.807) is 18.2 Å². The van der Waals surface area contributed by atoms with Gasteiger partial charge in [0.05, 0.1) is 5.02 Å². The second kappa shape index (κ2) is 5.54. The third kappa shape index (κ3) is 2.73. The van der Waals surface area contributed by atoms with E-state index >= 15 is 0 Å². The average Bonchev–Trinajstić information content (AvgIpc) is 2.79. The van der Waals surface area contributed by atoms with Crippen molar-refractivity contribution < 1.29 is 13.5 Å². The maximum absolute atomic E-state index is 12.6. The lowest BCUT2D eigenvalue weighted by Crippen LogP contribution is -2.07. The molecular weight excluding hydrogens is 285 g/mol. The Balaban J connectivity index is 2.12. The first-order valence-corrected chi connectivity index (χ1v) is 5.72. The second-order valence-electron chi connectivity index (χ2n) is 3.37. The van der Waals surface area contributed by atoms with Crippen LogP contribution in [-0.4, -0.2) is 9.55 Å². The summed E-state index contributed by atoms with van der Waals surface area (Å²) in [6, 6.07) is 4.86. The van der Waals surface area contributed by atoms with E-state index in [1.165, 1.54) is 12.4 Å². The number of benzene rings is 1. The van der Waals surface area contributed by atoms with Crippen molar-refractivity contribution in [3.8, 4) is 5.75 Å². The Morgan fingerprint density at radius 1 is 1.33 bits per heavy atom. The van der Waals surface area contributed by atoms with Crippen LogP contribution in [0.5, 0.6) is 5.75 Å². The van der Waals surface area contributed by atoms with Crippen LogP contribution in [0.4, 0.5) is 8.78 Å². The van der Waals surface area contributed by atoms with E-state index in [0.29, 0.717) is 10.8 Å². The van der Waals surface area contributed by atoms with Crippen LogP contribution in [0.1, 0.15) is 12.4 Å². The van der Waals surface area contributed by atoms with Gasteiger partial charge in [0.15, 0.2) is 5.82 Å². The highest BCUT2D eigenvalue weighted by atomic mass is 35.5. The summed E-state index contributed by atoms with van der Waals surface area (Å²) < 4.78 is 31.1. The molecule has 0 aliphatic heterocycles. The predicted molar refractivity (Wildman–Crippen MR) is 64.3 cm³/mol. The Labute approximate surface area is 112 Å². The van der Waals surface area contributed by atoms with Gasteiger partial charge in [0, 0.05) is 12.4 Å². The number of ether oxygens (including phenoxy) is 1. The lowest BCUT2D eigenvalue weighted by molar-refractivity contribution is 0.0632. The van der Waals surface area contributed by atoms with Gasteiger partial charge in [0.25, 0.3) is 0 Å². The maximum atomic E-state index is 12.6. The molecule has 7 heteroatoms.